The molecule has 3 N–H and O–H groups in total. The van der Waals surface area contributed by atoms with Crippen molar-refractivity contribution in [2.24, 2.45) is 0 Å². The topological polar surface area (TPSA) is 111 Å². The predicted molar refractivity (Wildman–Crippen MR) is 120 cm³/mol. The van der Waals surface area contributed by atoms with E-state index in [4.69, 9.17) is 10.5 Å². The van der Waals surface area contributed by atoms with Crippen LogP contribution in [0.4, 0.5) is 19.3 Å². The minimum Gasteiger partial charge on any atom is -0.465 e. The van der Waals surface area contributed by atoms with Crippen LogP contribution in [0.15, 0.2) is 42.9 Å². The molecular weight excluding hydrogens is 446 g/mol. The van der Waals surface area contributed by atoms with Crippen molar-refractivity contribution in [3.8, 4) is 16.9 Å². The quantitative estimate of drug-likeness (QED) is 0.476. The molecule has 9 nitrogen and oxygen atoms in total. The lowest BCUT2D eigenvalue weighted by molar-refractivity contribution is -0.0214. The zero-order valence-corrected chi connectivity index (χ0v) is 18.3. The Morgan fingerprint density at radius 3 is 2.74 bits per heavy atom. The maximum atomic E-state index is 15.3. The summed E-state index contributed by atoms with van der Waals surface area (Å²) in [6.45, 7) is 2.56. The van der Waals surface area contributed by atoms with Crippen molar-refractivity contribution in [2.45, 2.75) is 19.4 Å². The number of benzene rings is 1. The second-order valence-corrected chi connectivity index (χ2v) is 8.27. The summed E-state index contributed by atoms with van der Waals surface area (Å²) in [4.78, 5) is 17.2. The number of halogens is 2. The van der Waals surface area contributed by atoms with Gasteiger partial charge in [-0.3, -0.25) is 0 Å². The summed E-state index contributed by atoms with van der Waals surface area (Å²) in [6, 6.07) is 6.03. The highest BCUT2D eigenvalue weighted by molar-refractivity contribution is 5.69. The molecule has 11 heteroatoms. The number of carbonyl (C=O) groups is 1. The van der Waals surface area contributed by atoms with Crippen LogP contribution in [-0.4, -0.2) is 61.1 Å². The number of hydrogen-bond acceptors (Lipinski definition) is 5. The third-order valence-electron chi connectivity index (χ3n) is 5.84. The molecule has 0 bridgehead atoms. The van der Waals surface area contributed by atoms with Gasteiger partial charge in [-0.05, 0) is 24.6 Å². The van der Waals surface area contributed by atoms with E-state index in [1.807, 2.05) is 19.1 Å². The first-order valence-electron chi connectivity index (χ1n) is 10.7. The number of nitrogens with two attached hydrogens (primary N) is 1. The Labute approximate surface area is 193 Å². The molecule has 5 rings (SSSR count). The van der Waals surface area contributed by atoms with Gasteiger partial charge in [-0.15, -0.1) is 0 Å². The molecule has 176 valence electrons. The van der Waals surface area contributed by atoms with Gasteiger partial charge in [0.1, 0.15) is 17.3 Å². The van der Waals surface area contributed by atoms with Crippen LogP contribution in [-0.2, 0) is 11.2 Å². The summed E-state index contributed by atoms with van der Waals surface area (Å²) >= 11 is 0. The van der Waals surface area contributed by atoms with E-state index >= 15 is 8.78 Å². The number of rotatable bonds is 4. The fourth-order valence-corrected chi connectivity index (χ4v) is 4.22. The van der Waals surface area contributed by atoms with E-state index in [0.29, 0.717) is 17.0 Å². The Hall–Kier alpha value is -3.99. The monoisotopic (exact) mass is 468 g/mol. The number of carboxylic acid groups (broad SMARTS) is 1. The van der Waals surface area contributed by atoms with Gasteiger partial charge >= 0.3 is 6.09 Å². The lowest BCUT2D eigenvalue weighted by atomic mass is 10.0. The largest absolute Gasteiger partial charge is 0.465 e. The minimum absolute atomic E-state index is 0.142. The van der Waals surface area contributed by atoms with E-state index in [1.54, 1.807) is 10.6 Å². The summed E-state index contributed by atoms with van der Waals surface area (Å²) in [5.41, 5.74) is 8.08. The first-order valence-corrected chi connectivity index (χ1v) is 10.7. The Morgan fingerprint density at radius 2 is 2.06 bits per heavy atom. The van der Waals surface area contributed by atoms with Crippen molar-refractivity contribution in [1.82, 2.24) is 24.1 Å². The van der Waals surface area contributed by atoms with Gasteiger partial charge in [-0.2, -0.15) is 5.10 Å². The molecule has 3 aromatic heterocycles. The lowest BCUT2D eigenvalue weighted by Gasteiger charge is -2.31. The normalized spacial score (nSPS) is 16.3. The third kappa shape index (κ3) is 3.94. The maximum Gasteiger partial charge on any atom is 0.407 e. The number of hydrogen-bond donors (Lipinski definition) is 2. The fourth-order valence-electron chi connectivity index (χ4n) is 4.22. The van der Waals surface area contributed by atoms with Crippen molar-refractivity contribution in [2.75, 3.05) is 25.4 Å². The second-order valence-electron chi connectivity index (χ2n) is 8.27. The summed E-state index contributed by atoms with van der Waals surface area (Å²) in [5, 5.41) is 13.4. The summed E-state index contributed by atoms with van der Waals surface area (Å²) in [7, 11) is 0. The number of anilines is 1. The molecule has 0 saturated carbocycles. The molecule has 1 fully saturated rings. The van der Waals surface area contributed by atoms with Gasteiger partial charge in [-0.25, -0.2) is 23.2 Å². The van der Waals surface area contributed by atoms with Crippen LogP contribution < -0.4 is 5.73 Å². The Bertz CT molecular complexity index is 1380. The van der Waals surface area contributed by atoms with Crippen LogP contribution in [0.1, 0.15) is 11.3 Å². The molecule has 1 atom stereocenters. The van der Waals surface area contributed by atoms with E-state index in [9.17, 15) is 9.90 Å². The van der Waals surface area contributed by atoms with E-state index in [-0.39, 0.29) is 43.1 Å². The number of morpholine rings is 1. The number of amides is 1. The van der Waals surface area contributed by atoms with Gasteiger partial charge in [0.15, 0.2) is 0 Å². The molecule has 1 aromatic carbocycles. The zero-order chi connectivity index (χ0) is 24.0. The molecule has 1 unspecified atom stereocenters. The smallest absolute Gasteiger partial charge is 0.407 e. The SMILES string of the molecule is Cc1ccn2c(CC3CN(C(=O)O)CCO3)c(-c3c(F)cc(-n4cc(N)cn4)cc3F)nc2c1. The molecule has 1 aliphatic rings. The molecule has 1 amide bonds. The van der Waals surface area contributed by atoms with Crippen molar-refractivity contribution >= 4 is 17.4 Å². The van der Waals surface area contributed by atoms with Gasteiger partial charge in [0, 0.05) is 31.3 Å². The van der Waals surface area contributed by atoms with Crippen LogP contribution in [0.5, 0.6) is 0 Å². The van der Waals surface area contributed by atoms with E-state index in [1.165, 1.54) is 34.1 Å². The number of pyridine rings is 1. The van der Waals surface area contributed by atoms with Gasteiger partial charge < -0.3 is 24.9 Å². The van der Waals surface area contributed by atoms with Crippen LogP contribution >= 0.6 is 0 Å². The summed E-state index contributed by atoms with van der Waals surface area (Å²) in [5.74, 6) is -1.61. The molecular formula is C23H22F2N6O3. The number of aromatic nitrogens is 4. The van der Waals surface area contributed by atoms with Crippen molar-refractivity contribution < 1.29 is 23.4 Å². The first kappa shape index (κ1) is 21.8. The van der Waals surface area contributed by atoms with E-state index in [0.717, 1.165) is 5.56 Å². The van der Waals surface area contributed by atoms with Gasteiger partial charge in [0.2, 0.25) is 0 Å². The highest BCUT2D eigenvalue weighted by atomic mass is 19.1. The highest BCUT2D eigenvalue weighted by Crippen LogP contribution is 2.32. The fraction of sp³-hybridized carbons (Fsp3) is 0.261. The first-order chi connectivity index (χ1) is 16.3. The minimum atomic E-state index is -1.03. The van der Waals surface area contributed by atoms with Gasteiger partial charge in [-0.1, -0.05) is 0 Å². The molecule has 1 saturated heterocycles. The van der Waals surface area contributed by atoms with Crippen molar-refractivity contribution in [3.63, 3.8) is 0 Å². The average Bonchev–Trinajstić information content (AvgIpc) is 3.37. The molecule has 4 aromatic rings. The number of ether oxygens (including phenoxy) is 1. The van der Waals surface area contributed by atoms with Gasteiger partial charge in [0.25, 0.3) is 0 Å². The number of nitrogens with zero attached hydrogens (tertiary/aromatic N) is 5. The molecule has 0 radical (unpaired) electrons. The van der Waals surface area contributed by atoms with E-state index in [2.05, 4.69) is 10.1 Å². The number of fused-ring (bicyclic) bond motifs is 1. The third-order valence-corrected chi connectivity index (χ3v) is 5.84. The van der Waals surface area contributed by atoms with Crippen molar-refractivity contribution in [1.29, 1.82) is 0 Å². The van der Waals surface area contributed by atoms with Crippen molar-refractivity contribution in [3.05, 3.63) is 65.7 Å². The highest BCUT2D eigenvalue weighted by Gasteiger charge is 2.28. The Kier molecular flexibility index (Phi) is 5.40. The Morgan fingerprint density at radius 1 is 1.29 bits per heavy atom. The maximum absolute atomic E-state index is 15.3. The van der Waals surface area contributed by atoms with Gasteiger partial charge in [0.05, 0.1) is 60.0 Å². The molecule has 34 heavy (non-hydrogen) atoms. The molecule has 0 spiro atoms. The summed E-state index contributed by atoms with van der Waals surface area (Å²) in [6.07, 6.45) is 3.33. The second kappa shape index (κ2) is 8.41. The predicted octanol–water partition coefficient (Wildman–Crippen LogP) is 3.28. The molecule has 1 aliphatic heterocycles. The number of nitrogen functional groups attached to an aromatic ring is 1. The average molecular weight is 468 g/mol. The zero-order valence-electron chi connectivity index (χ0n) is 18.3. The van der Waals surface area contributed by atoms with Crippen LogP contribution in [0.2, 0.25) is 0 Å². The van der Waals surface area contributed by atoms with Crippen LogP contribution in [0.25, 0.3) is 22.6 Å². The number of imidazole rings is 1. The van der Waals surface area contributed by atoms with E-state index < -0.39 is 23.8 Å². The lowest BCUT2D eigenvalue weighted by Crippen LogP contribution is -2.45. The molecule has 0 aliphatic carbocycles. The van der Waals surface area contributed by atoms with Crippen LogP contribution in [0.3, 0.4) is 0 Å². The standard InChI is InChI=1S/C23H22F2N6O3/c1-13-2-3-30-19(9-16-12-29(23(32)33)4-5-34-16)22(28-20(30)6-13)21-17(24)7-15(8-18(21)25)31-11-14(26)10-27-31/h2-3,6-8,10-11,16H,4-5,9,12,26H2,1H3,(H,32,33). The molecule has 4 heterocycles. The summed E-state index contributed by atoms with van der Waals surface area (Å²) < 4.78 is 39.5. The Balaban J connectivity index is 1.60. The van der Waals surface area contributed by atoms with Crippen LogP contribution in [0, 0.1) is 18.6 Å². The number of aryl methyl sites for hydroxylation is 1.